The van der Waals surface area contributed by atoms with Gasteiger partial charge in [-0.3, -0.25) is 4.72 Å². The van der Waals surface area contributed by atoms with Gasteiger partial charge in [-0.2, -0.15) is 4.98 Å². The van der Waals surface area contributed by atoms with Crippen molar-refractivity contribution in [2.45, 2.75) is 25.0 Å². The first-order valence-corrected chi connectivity index (χ1v) is 15.1. The van der Waals surface area contributed by atoms with E-state index in [4.69, 9.17) is 21.7 Å². The quantitative estimate of drug-likeness (QED) is 0.0481. The molecule has 0 fully saturated rings. The Morgan fingerprint density at radius 2 is 1.32 bits per heavy atom. The maximum atomic E-state index is 10.2. The molecule has 44 heavy (non-hydrogen) atoms. The second-order valence-electron chi connectivity index (χ2n) is 10.4. The Morgan fingerprint density at radius 1 is 0.795 bits per heavy atom. The minimum Gasteiger partial charge on any atom is -0.439 e. The molecule has 5 aromatic rings. The number of ether oxygens (including phenoxy) is 1. The van der Waals surface area contributed by atoms with Crippen molar-refractivity contribution in [3.63, 3.8) is 0 Å². The van der Waals surface area contributed by atoms with Crippen LogP contribution >= 0.6 is 23.5 Å². The lowest BCUT2D eigenvalue weighted by molar-refractivity contribution is 0.0785. The molecule has 4 N–H and O–H groups in total. The Bertz CT molecular complexity index is 1620. The molecule has 5 rings (SSSR count). The van der Waals surface area contributed by atoms with E-state index < -0.39 is 11.1 Å². The number of aromatic nitrogens is 2. The summed E-state index contributed by atoms with van der Waals surface area (Å²) in [5.41, 5.74) is 2.22. The van der Waals surface area contributed by atoms with E-state index in [2.05, 4.69) is 56.4 Å². The van der Waals surface area contributed by atoms with Gasteiger partial charge >= 0.3 is 0 Å². The number of anilines is 1. The Morgan fingerprint density at radius 3 is 1.80 bits per heavy atom. The highest BCUT2D eigenvalue weighted by Gasteiger charge is 2.35. The summed E-state index contributed by atoms with van der Waals surface area (Å²) in [6.45, 7) is 3.44. The third-order valence-corrected chi connectivity index (χ3v) is 7.86. The summed E-state index contributed by atoms with van der Waals surface area (Å²) in [6.07, 6.45) is 3.06. The summed E-state index contributed by atoms with van der Waals surface area (Å²) in [7, 11) is 0. The standard InChI is InChI=1S/C35H32ClN5O2S/c1-34(2,42)25-18-20-29(21-19-25)43-32-22-31(36)39-33(40-32)41-44-30(23-37)24-38-35(26-12-6-3-7-13-26,27-14-8-4-9-15-27)28-16-10-5-11-17-28/h3-24,37-38,42H,1-2H3,(H,39,40,41)/b30-24+,37-23?. The van der Waals surface area contributed by atoms with E-state index in [1.807, 2.05) is 60.8 Å². The molecule has 0 aliphatic heterocycles. The fourth-order valence-electron chi connectivity index (χ4n) is 4.75. The molecule has 0 spiro atoms. The molecule has 0 saturated carbocycles. The Balaban J connectivity index is 1.40. The van der Waals surface area contributed by atoms with Gasteiger partial charge in [0.2, 0.25) is 11.8 Å². The van der Waals surface area contributed by atoms with Crippen molar-refractivity contribution in [3.8, 4) is 11.6 Å². The Kier molecular flexibility index (Phi) is 9.65. The number of halogens is 1. The molecule has 0 unspecified atom stereocenters. The number of nitrogens with zero attached hydrogens (tertiary/aromatic N) is 2. The van der Waals surface area contributed by atoms with E-state index >= 15 is 0 Å². The van der Waals surface area contributed by atoms with Crippen molar-refractivity contribution in [3.05, 3.63) is 160 Å². The largest absolute Gasteiger partial charge is 0.439 e. The first kappa shape index (κ1) is 30.8. The van der Waals surface area contributed by atoms with Crippen LogP contribution in [0, 0.1) is 5.41 Å². The molecule has 0 aliphatic rings. The van der Waals surface area contributed by atoms with Gasteiger partial charge in [0.05, 0.1) is 10.5 Å². The average Bonchev–Trinajstić information content (AvgIpc) is 3.04. The van der Waals surface area contributed by atoms with E-state index in [-0.39, 0.29) is 17.0 Å². The van der Waals surface area contributed by atoms with Gasteiger partial charge in [-0.15, -0.1) is 0 Å². The number of rotatable bonds is 12. The van der Waals surface area contributed by atoms with Gasteiger partial charge in [-0.05, 0) is 60.2 Å². The SMILES string of the molecule is CC(C)(O)c1ccc(Oc2cc(Cl)nc(NS/C(C=N)=C/NC(c3ccccc3)(c3ccccc3)c3ccccc3)n2)cc1. The van der Waals surface area contributed by atoms with E-state index in [1.54, 1.807) is 38.1 Å². The summed E-state index contributed by atoms with van der Waals surface area (Å²) in [5.74, 6) is 1.01. The molecule has 222 valence electrons. The van der Waals surface area contributed by atoms with E-state index in [1.165, 1.54) is 24.2 Å². The summed E-state index contributed by atoms with van der Waals surface area (Å²) >= 11 is 7.46. The van der Waals surface area contributed by atoms with E-state index in [0.717, 1.165) is 22.3 Å². The lowest BCUT2D eigenvalue weighted by Crippen LogP contribution is -2.42. The zero-order chi connectivity index (χ0) is 31.0. The number of allylic oxidation sites excluding steroid dienone is 1. The van der Waals surface area contributed by atoms with Crippen molar-refractivity contribution >= 4 is 35.7 Å². The summed E-state index contributed by atoms with van der Waals surface area (Å²) < 4.78 is 8.99. The molecular weight excluding hydrogens is 590 g/mol. The molecular formula is C35H32ClN5O2S. The van der Waals surface area contributed by atoms with Crippen molar-refractivity contribution in [1.29, 1.82) is 5.41 Å². The number of aliphatic hydroxyl groups is 1. The molecule has 4 aromatic carbocycles. The molecule has 0 saturated heterocycles. The molecule has 7 nitrogen and oxygen atoms in total. The molecule has 1 aromatic heterocycles. The number of nitrogens with one attached hydrogen (secondary N) is 3. The van der Waals surface area contributed by atoms with E-state index in [0.29, 0.717) is 10.7 Å². The van der Waals surface area contributed by atoms with Crippen LogP contribution in [-0.2, 0) is 11.1 Å². The average molecular weight is 622 g/mol. The van der Waals surface area contributed by atoms with Crippen LogP contribution in [-0.4, -0.2) is 21.3 Å². The number of hydrogen-bond donors (Lipinski definition) is 4. The van der Waals surface area contributed by atoms with Gasteiger partial charge in [0.1, 0.15) is 16.4 Å². The molecule has 0 aliphatic carbocycles. The van der Waals surface area contributed by atoms with Crippen molar-refractivity contribution in [2.75, 3.05) is 4.72 Å². The topological polar surface area (TPSA) is 103 Å². The van der Waals surface area contributed by atoms with Crippen LogP contribution in [0.2, 0.25) is 5.15 Å². The van der Waals surface area contributed by atoms with Crippen LogP contribution in [0.3, 0.4) is 0 Å². The van der Waals surface area contributed by atoms with Gasteiger partial charge < -0.3 is 20.6 Å². The molecule has 0 bridgehead atoms. The summed E-state index contributed by atoms with van der Waals surface area (Å²) in [5, 5.41) is 22.2. The highest BCUT2D eigenvalue weighted by atomic mass is 35.5. The van der Waals surface area contributed by atoms with E-state index in [9.17, 15) is 5.11 Å². The fraction of sp³-hybridized carbons (Fsp3) is 0.114. The minimum absolute atomic E-state index is 0.195. The lowest BCUT2D eigenvalue weighted by atomic mass is 9.77. The van der Waals surface area contributed by atoms with Gasteiger partial charge in [0, 0.05) is 18.5 Å². The number of benzene rings is 4. The second-order valence-corrected chi connectivity index (χ2v) is 11.7. The second kappa shape index (κ2) is 13.8. The summed E-state index contributed by atoms with van der Waals surface area (Å²) in [4.78, 5) is 9.28. The highest BCUT2D eigenvalue weighted by molar-refractivity contribution is 8.05. The zero-order valence-corrected chi connectivity index (χ0v) is 25.8. The fourth-order valence-corrected chi connectivity index (χ4v) is 5.40. The predicted molar refractivity (Wildman–Crippen MR) is 179 cm³/mol. The third kappa shape index (κ3) is 7.29. The van der Waals surface area contributed by atoms with Crippen LogP contribution in [0.1, 0.15) is 36.1 Å². The molecule has 0 amide bonds. The molecule has 1 heterocycles. The van der Waals surface area contributed by atoms with Crippen LogP contribution in [0.4, 0.5) is 5.95 Å². The van der Waals surface area contributed by atoms with Crippen molar-refractivity contribution in [1.82, 2.24) is 15.3 Å². The van der Waals surface area contributed by atoms with Crippen LogP contribution in [0.15, 0.2) is 132 Å². The summed E-state index contributed by atoms with van der Waals surface area (Å²) in [6, 6.07) is 39.3. The Labute approximate surface area is 266 Å². The maximum absolute atomic E-state index is 10.2. The Hall–Kier alpha value is -4.63. The smallest absolute Gasteiger partial charge is 0.237 e. The number of hydrogen-bond acceptors (Lipinski definition) is 8. The van der Waals surface area contributed by atoms with Crippen molar-refractivity contribution < 1.29 is 9.84 Å². The van der Waals surface area contributed by atoms with Crippen LogP contribution in [0.5, 0.6) is 11.6 Å². The van der Waals surface area contributed by atoms with Gasteiger partial charge in [0.25, 0.3) is 0 Å². The zero-order valence-electron chi connectivity index (χ0n) is 24.2. The molecule has 0 radical (unpaired) electrons. The lowest BCUT2D eigenvalue weighted by Gasteiger charge is -2.36. The van der Waals surface area contributed by atoms with Gasteiger partial charge in [-0.25, -0.2) is 4.98 Å². The molecule has 0 atom stereocenters. The first-order chi connectivity index (χ1) is 21.3. The van der Waals surface area contributed by atoms with Gasteiger partial charge in [-0.1, -0.05) is 115 Å². The predicted octanol–water partition coefficient (Wildman–Crippen LogP) is 8.28. The first-order valence-electron chi connectivity index (χ1n) is 13.9. The van der Waals surface area contributed by atoms with Gasteiger partial charge in [0.15, 0.2) is 0 Å². The highest BCUT2D eigenvalue weighted by Crippen LogP contribution is 2.37. The molecule has 9 heteroatoms. The monoisotopic (exact) mass is 621 g/mol. The third-order valence-electron chi connectivity index (χ3n) is 6.91. The minimum atomic E-state index is -0.955. The van der Waals surface area contributed by atoms with Crippen LogP contribution < -0.4 is 14.8 Å². The maximum Gasteiger partial charge on any atom is 0.237 e. The van der Waals surface area contributed by atoms with Crippen LogP contribution in [0.25, 0.3) is 0 Å². The normalized spacial score (nSPS) is 12.0. The van der Waals surface area contributed by atoms with Crippen molar-refractivity contribution in [2.24, 2.45) is 0 Å².